The van der Waals surface area contributed by atoms with E-state index in [4.69, 9.17) is 11.6 Å². The number of alkyl halides is 1. The van der Waals surface area contributed by atoms with Gasteiger partial charge < -0.3 is 4.57 Å². The summed E-state index contributed by atoms with van der Waals surface area (Å²) < 4.78 is 1.46. The molecule has 17 heavy (non-hydrogen) atoms. The Morgan fingerprint density at radius 3 is 3.06 bits per heavy atom. The maximum absolute atomic E-state index is 11.9. The molecular weight excluding hydrogens is 236 g/mol. The van der Waals surface area contributed by atoms with E-state index in [1.54, 1.807) is 19.2 Å². The number of aryl methyl sites for hydroxylation is 1. The largest absolute Gasteiger partial charge is 0.302 e. The van der Waals surface area contributed by atoms with Crippen LogP contribution in [-0.2, 0) is 7.05 Å². The smallest absolute Gasteiger partial charge is 0.260 e. The first-order chi connectivity index (χ1) is 8.22. The van der Waals surface area contributed by atoms with Crippen molar-refractivity contribution in [3.63, 3.8) is 0 Å². The summed E-state index contributed by atoms with van der Waals surface area (Å²) in [7, 11) is 1.68. The summed E-state index contributed by atoms with van der Waals surface area (Å²) in [5, 5.41) is 0.590. The van der Waals surface area contributed by atoms with Gasteiger partial charge in [-0.15, -0.1) is 11.6 Å². The van der Waals surface area contributed by atoms with E-state index < -0.39 is 0 Å². The van der Waals surface area contributed by atoms with Gasteiger partial charge in [-0.25, -0.2) is 4.98 Å². The fourth-order valence-electron chi connectivity index (χ4n) is 1.50. The van der Waals surface area contributed by atoms with E-state index in [1.807, 2.05) is 6.07 Å². The minimum atomic E-state index is -0.0593. The van der Waals surface area contributed by atoms with Crippen molar-refractivity contribution in [1.29, 1.82) is 0 Å². The molecule has 1 aromatic carbocycles. The van der Waals surface area contributed by atoms with Crippen LogP contribution in [-0.4, -0.2) is 15.4 Å². The van der Waals surface area contributed by atoms with Gasteiger partial charge in [0, 0.05) is 24.9 Å². The number of hydrogen-bond donors (Lipinski definition) is 0. The van der Waals surface area contributed by atoms with E-state index in [2.05, 4.69) is 16.8 Å². The van der Waals surface area contributed by atoms with Crippen LogP contribution in [0.1, 0.15) is 12.0 Å². The molecule has 0 N–H and O–H groups in total. The normalized spacial score (nSPS) is 10.0. The van der Waals surface area contributed by atoms with Crippen molar-refractivity contribution in [2.75, 3.05) is 5.88 Å². The van der Waals surface area contributed by atoms with Gasteiger partial charge in [-0.2, -0.15) is 0 Å². The molecule has 4 heteroatoms. The first kappa shape index (κ1) is 11.7. The fourth-order valence-corrected chi connectivity index (χ4v) is 1.60. The molecule has 0 unspecified atom stereocenters. The van der Waals surface area contributed by atoms with Crippen LogP contribution in [0.3, 0.4) is 0 Å². The second kappa shape index (κ2) is 5.03. The molecule has 0 fully saturated rings. The van der Waals surface area contributed by atoms with Crippen molar-refractivity contribution in [1.82, 2.24) is 9.55 Å². The summed E-state index contributed by atoms with van der Waals surface area (Å²) in [6.07, 6.45) is 2.16. The lowest BCUT2D eigenvalue weighted by Gasteiger charge is -2.00. The maximum atomic E-state index is 11.9. The van der Waals surface area contributed by atoms with Gasteiger partial charge in [0.2, 0.25) is 0 Å². The van der Waals surface area contributed by atoms with Gasteiger partial charge in [0.15, 0.2) is 0 Å². The lowest BCUT2D eigenvalue weighted by Crippen LogP contribution is -2.16. The number of fused-ring (bicyclic) bond motifs is 1. The SMILES string of the molecule is Cn1cnc2ccc(C#CCCCl)cc2c1=O. The zero-order valence-electron chi connectivity index (χ0n) is 9.40. The minimum absolute atomic E-state index is 0.0593. The highest BCUT2D eigenvalue weighted by Gasteiger charge is 2.01. The molecule has 0 bridgehead atoms. The predicted molar refractivity (Wildman–Crippen MR) is 69.2 cm³/mol. The maximum Gasteiger partial charge on any atom is 0.260 e. The number of rotatable bonds is 1. The van der Waals surface area contributed by atoms with Crippen LogP contribution in [0, 0.1) is 11.8 Å². The highest BCUT2D eigenvalue weighted by atomic mass is 35.5. The second-order valence-electron chi connectivity index (χ2n) is 3.63. The third-order valence-corrected chi connectivity index (χ3v) is 2.56. The molecule has 0 aliphatic carbocycles. The molecular formula is C13H11ClN2O. The van der Waals surface area contributed by atoms with Gasteiger partial charge in [-0.05, 0) is 18.2 Å². The van der Waals surface area contributed by atoms with E-state index in [9.17, 15) is 4.79 Å². The third kappa shape index (κ3) is 2.48. The second-order valence-corrected chi connectivity index (χ2v) is 4.01. The average Bonchev–Trinajstić information content (AvgIpc) is 2.35. The Labute approximate surface area is 104 Å². The monoisotopic (exact) mass is 246 g/mol. The quantitative estimate of drug-likeness (QED) is 0.569. The molecule has 0 saturated carbocycles. The highest BCUT2D eigenvalue weighted by molar-refractivity contribution is 6.18. The molecule has 3 nitrogen and oxygen atoms in total. The van der Waals surface area contributed by atoms with Gasteiger partial charge in [-0.3, -0.25) is 4.79 Å². The van der Waals surface area contributed by atoms with Gasteiger partial charge >= 0.3 is 0 Å². The number of aromatic nitrogens is 2. The van der Waals surface area contributed by atoms with Crippen LogP contribution in [0.5, 0.6) is 0 Å². The Kier molecular flexibility index (Phi) is 3.46. The molecule has 0 aliphatic rings. The van der Waals surface area contributed by atoms with Gasteiger partial charge in [0.1, 0.15) is 0 Å². The summed E-state index contributed by atoms with van der Waals surface area (Å²) >= 11 is 5.54. The predicted octanol–water partition coefficient (Wildman–Crippen LogP) is 1.91. The van der Waals surface area contributed by atoms with E-state index in [0.717, 1.165) is 5.56 Å². The molecule has 2 rings (SSSR count). The molecule has 1 aromatic heterocycles. The van der Waals surface area contributed by atoms with Crippen molar-refractivity contribution in [2.24, 2.45) is 7.05 Å². The first-order valence-electron chi connectivity index (χ1n) is 5.22. The number of halogens is 1. The molecule has 0 saturated heterocycles. The fraction of sp³-hybridized carbons (Fsp3) is 0.231. The molecule has 0 radical (unpaired) electrons. The van der Waals surface area contributed by atoms with Crippen molar-refractivity contribution in [2.45, 2.75) is 6.42 Å². The summed E-state index contributed by atoms with van der Waals surface area (Å²) in [6.45, 7) is 0. The van der Waals surface area contributed by atoms with Gasteiger partial charge in [-0.1, -0.05) is 11.8 Å². The van der Waals surface area contributed by atoms with Crippen molar-refractivity contribution in [3.05, 3.63) is 40.4 Å². The van der Waals surface area contributed by atoms with Crippen LogP contribution in [0.2, 0.25) is 0 Å². The number of benzene rings is 1. The van der Waals surface area contributed by atoms with Gasteiger partial charge in [0.25, 0.3) is 5.56 Å². The number of hydrogen-bond acceptors (Lipinski definition) is 2. The van der Waals surface area contributed by atoms with Crippen molar-refractivity contribution in [3.8, 4) is 11.8 Å². The molecule has 2 aromatic rings. The molecule has 0 aliphatic heterocycles. The minimum Gasteiger partial charge on any atom is -0.302 e. The zero-order chi connectivity index (χ0) is 12.3. The highest BCUT2D eigenvalue weighted by Crippen LogP contribution is 2.08. The standard InChI is InChI=1S/C13H11ClN2O/c1-16-9-15-12-6-5-10(4-2-3-7-14)8-11(12)13(16)17/h5-6,8-9H,3,7H2,1H3. The summed E-state index contributed by atoms with van der Waals surface area (Å²) in [5.74, 6) is 6.43. The van der Waals surface area contributed by atoms with Crippen molar-refractivity contribution < 1.29 is 0 Å². The van der Waals surface area contributed by atoms with Crippen molar-refractivity contribution >= 4 is 22.5 Å². The van der Waals surface area contributed by atoms with E-state index >= 15 is 0 Å². The Balaban J connectivity index is 2.54. The Hall–Kier alpha value is -1.79. The average molecular weight is 247 g/mol. The summed E-state index contributed by atoms with van der Waals surface area (Å²) in [5.41, 5.74) is 1.44. The lowest BCUT2D eigenvalue weighted by atomic mass is 10.1. The van der Waals surface area contributed by atoms with E-state index in [1.165, 1.54) is 10.9 Å². The van der Waals surface area contributed by atoms with Crippen LogP contribution in [0.25, 0.3) is 10.9 Å². The number of nitrogens with zero attached hydrogens (tertiary/aromatic N) is 2. The zero-order valence-corrected chi connectivity index (χ0v) is 10.2. The van der Waals surface area contributed by atoms with Crippen LogP contribution in [0.15, 0.2) is 29.3 Å². The Morgan fingerprint density at radius 1 is 1.47 bits per heavy atom. The first-order valence-corrected chi connectivity index (χ1v) is 5.76. The molecule has 0 spiro atoms. The van der Waals surface area contributed by atoms with Crippen LogP contribution < -0.4 is 5.56 Å². The lowest BCUT2D eigenvalue weighted by molar-refractivity contribution is 0.843. The summed E-state index contributed by atoms with van der Waals surface area (Å²) in [4.78, 5) is 16.0. The molecule has 0 amide bonds. The van der Waals surface area contributed by atoms with Gasteiger partial charge in [0.05, 0.1) is 17.2 Å². The van der Waals surface area contributed by atoms with E-state index in [0.29, 0.717) is 23.2 Å². The topological polar surface area (TPSA) is 34.9 Å². The molecule has 0 atom stereocenters. The molecule has 86 valence electrons. The van der Waals surface area contributed by atoms with E-state index in [-0.39, 0.29) is 5.56 Å². The van der Waals surface area contributed by atoms with Crippen LogP contribution in [0.4, 0.5) is 0 Å². The van der Waals surface area contributed by atoms with Crippen LogP contribution >= 0.6 is 11.6 Å². The molecule has 1 heterocycles. The third-order valence-electron chi connectivity index (χ3n) is 2.37. The Bertz CT molecular complexity index is 664. The summed E-state index contributed by atoms with van der Waals surface area (Å²) in [6, 6.07) is 5.43. The Morgan fingerprint density at radius 2 is 2.29 bits per heavy atom.